The van der Waals surface area contributed by atoms with E-state index in [1.807, 2.05) is 30.3 Å². The lowest BCUT2D eigenvalue weighted by Crippen LogP contribution is -2.11. The summed E-state index contributed by atoms with van der Waals surface area (Å²) in [6, 6.07) is 12.3. The Hall–Kier alpha value is -2.32. The first kappa shape index (κ1) is 16.5. The number of methoxy groups -OCH3 is 1. The Balaban J connectivity index is 2.14. The van der Waals surface area contributed by atoms with Crippen LogP contribution in [0, 0.1) is 11.3 Å². The first-order valence-electron chi connectivity index (χ1n) is 7.95. The van der Waals surface area contributed by atoms with Crippen molar-refractivity contribution in [3.05, 3.63) is 47.2 Å². The summed E-state index contributed by atoms with van der Waals surface area (Å²) in [5.41, 5.74) is 4.83. The van der Waals surface area contributed by atoms with Crippen LogP contribution in [0.2, 0.25) is 0 Å². The lowest BCUT2D eigenvalue weighted by Gasteiger charge is -2.21. The van der Waals surface area contributed by atoms with E-state index in [1.54, 1.807) is 0 Å². The van der Waals surface area contributed by atoms with Crippen molar-refractivity contribution in [2.24, 2.45) is 0 Å². The van der Waals surface area contributed by atoms with E-state index >= 15 is 0 Å². The van der Waals surface area contributed by atoms with Crippen LogP contribution in [0.3, 0.4) is 0 Å². The maximum Gasteiger partial charge on any atom is 0.316 e. The molecule has 3 rings (SSSR count). The topological polar surface area (TPSA) is 63.0 Å². The van der Waals surface area contributed by atoms with Crippen LogP contribution in [-0.2, 0) is 22.4 Å². The predicted octanol–water partition coefficient (Wildman–Crippen LogP) is 3.76. The Bertz CT molecular complexity index is 797. The molecule has 0 aliphatic heterocycles. The van der Waals surface area contributed by atoms with Gasteiger partial charge in [-0.2, -0.15) is 5.26 Å². The molecule has 0 spiro atoms. The number of ether oxygens (including phenoxy) is 1. The lowest BCUT2D eigenvalue weighted by molar-refractivity contribution is -0.137. The molecule has 4 nitrogen and oxygen atoms in total. The van der Waals surface area contributed by atoms with Gasteiger partial charge in [0.15, 0.2) is 0 Å². The van der Waals surface area contributed by atoms with E-state index in [9.17, 15) is 10.1 Å². The highest BCUT2D eigenvalue weighted by atomic mass is 32.2. The van der Waals surface area contributed by atoms with Crippen LogP contribution < -0.4 is 0 Å². The van der Waals surface area contributed by atoms with Gasteiger partial charge in [0.1, 0.15) is 11.1 Å². The second-order valence-corrected chi connectivity index (χ2v) is 6.61. The number of aryl methyl sites for hydroxylation is 1. The fourth-order valence-electron chi connectivity index (χ4n) is 3.04. The summed E-state index contributed by atoms with van der Waals surface area (Å²) in [5.74, 6) is -0.157. The average molecular weight is 338 g/mol. The molecule has 0 saturated heterocycles. The Morgan fingerprint density at radius 3 is 2.75 bits per heavy atom. The third kappa shape index (κ3) is 3.29. The molecule has 0 bridgehead atoms. The smallest absolute Gasteiger partial charge is 0.316 e. The molecule has 24 heavy (non-hydrogen) atoms. The van der Waals surface area contributed by atoms with Crippen molar-refractivity contribution in [1.82, 2.24) is 4.98 Å². The second kappa shape index (κ2) is 7.50. The standard InChI is InChI=1S/C19H18N2O2S/c1-23-17(22)12-24-19-15(11-20)18(13-7-3-2-4-8-13)14-9-5-6-10-16(14)21-19/h2-4,7-8H,5-6,9-10,12H2,1H3. The number of nitriles is 1. The molecule has 1 aliphatic carbocycles. The largest absolute Gasteiger partial charge is 0.468 e. The number of hydrogen-bond donors (Lipinski definition) is 0. The van der Waals surface area contributed by atoms with Crippen molar-refractivity contribution in [2.45, 2.75) is 30.7 Å². The molecular weight excluding hydrogens is 320 g/mol. The third-order valence-corrected chi connectivity index (χ3v) is 5.12. The minimum atomic E-state index is -0.315. The van der Waals surface area contributed by atoms with Crippen molar-refractivity contribution in [3.63, 3.8) is 0 Å². The number of carbonyl (C=O) groups is 1. The van der Waals surface area contributed by atoms with Crippen molar-refractivity contribution in [3.8, 4) is 17.2 Å². The van der Waals surface area contributed by atoms with Crippen LogP contribution in [0.5, 0.6) is 0 Å². The summed E-state index contributed by atoms with van der Waals surface area (Å²) < 4.78 is 4.70. The fraction of sp³-hybridized carbons (Fsp3) is 0.316. The number of pyridine rings is 1. The van der Waals surface area contributed by atoms with Gasteiger partial charge in [0.2, 0.25) is 0 Å². The summed E-state index contributed by atoms with van der Waals surface area (Å²) in [5, 5.41) is 10.4. The molecule has 0 unspecified atom stereocenters. The minimum Gasteiger partial charge on any atom is -0.468 e. The molecule has 2 aromatic rings. The average Bonchev–Trinajstić information content (AvgIpc) is 2.65. The number of rotatable bonds is 4. The molecule has 1 aromatic heterocycles. The molecule has 0 atom stereocenters. The van der Waals surface area contributed by atoms with Crippen LogP contribution in [0.15, 0.2) is 35.4 Å². The van der Waals surface area contributed by atoms with Crippen LogP contribution >= 0.6 is 11.8 Å². The molecule has 5 heteroatoms. The van der Waals surface area contributed by atoms with Crippen molar-refractivity contribution >= 4 is 17.7 Å². The van der Waals surface area contributed by atoms with Gasteiger partial charge in [-0.05, 0) is 36.8 Å². The quantitative estimate of drug-likeness (QED) is 0.627. The van der Waals surface area contributed by atoms with Gasteiger partial charge >= 0.3 is 5.97 Å². The van der Waals surface area contributed by atoms with Gasteiger partial charge in [0, 0.05) is 11.3 Å². The van der Waals surface area contributed by atoms with Crippen LogP contribution in [0.25, 0.3) is 11.1 Å². The SMILES string of the molecule is COC(=O)CSc1nc2c(c(-c3ccccc3)c1C#N)CCCC2. The molecule has 0 radical (unpaired) electrons. The number of aromatic nitrogens is 1. The lowest BCUT2D eigenvalue weighted by atomic mass is 9.87. The molecule has 0 fully saturated rings. The molecule has 1 aromatic carbocycles. The van der Waals surface area contributed by atoms with Gasteiger partial charge in [-0.1, -0.05) is 42.1 Å². The summed E-state index contributed by atoms with van der Waals surface area (Å²) in [4.78, 5) is 16.2. The summed E-state index contributed by atoms with van der Waals surface area (Å²) in [6.45, 7) is 0. The maximum atomic E-state index is 11.5. The van der Waals surface area contributed by atoms with E-state index in [2.05, 4.69) is 6.07 Å². The molecule has 0 N–H and O–H groups in total. The summed E-state index contributed by atoms with van der Waals surface area (Å²) in [6.07, 6.45) is 4.10. The molecule has 1 heterocycles. The van der Waals surface area contributed by atoms with E-state index < -0.39 is 0 Å². The van der Waals surface area contributed by atoms with E-state index in [4.69, 9.17) is 9.72 Å². The zero-order valence-corrected chi connectivity index (χ0v) is 14.4. The number of thioether (sulfide) groups is 1. The highest BCUT2D eigenvalue weighted by Crippen LogP contribution is 2.37. The van der Waals surface area contributed by atoms with Gasteiger partial charge in [-0.3, -0.25) is 4.79 Å². The zero-order chi connectivity index (χ0) is 16.9. The van der Waals surface area contributed by atoms with Crippen LogP contribution in [0.1, 0.15) is 29.7 Å². The Morgan fingerprint density at radius 2 is 2.04 bits per heavy atom. The second-order valence-electron chi connectivity index (χ2n) is 5.64. The highest BCUT2D eigenvalue weighted by molar-refractivity contribution is 7.99. The van der Waals surface area contributed by atoms with Crippen LogP contribution in [0.4, 0.5) is 0 Å². The van der Waals surface area contributed by atoms with Gasteiger partial charge < -0.3 is 4.74 Å². The summed E-state index contributed by atoms with van der Waals surface area (Å²) >= 11 is 1.28. The predicted molar refractivity (Wildman–Crippen MR) is 93.8 cm³/mol. The number of nitrogens with zero attached hydrogens (tertiary/aromatic N) is 2. The van der Waals surface area contributed by atoms with Crippen LogP contribution in [-0.4, -0.2) is 23.8 Å². The number of esters is 1. The van der Waals surface area contributed by atoms with Gasteiger partial charge in [-0.25, -0.2) is 4.98 Å². The first-order chi connectivity index (χ1) is 11.7. The first-order valence-corrected chi connectivity index (χ1v) is 8.94. The Morgan fingerprint density at radius 1 is 1.29 bits per heavy atom. The number of carbonyl (C=O) groups excluding carboxylic acids is 1. The molecule has 1 aliphatic rings. The van der Waals surface area contributed by atoms with Gasteiger partial charge in [0.25, 0.3) is 0 Å². The van der Waals surface area contributed by atoms with E-state index in [-0.39, 0.29) is 11.7 Å². The monoisotopic (exact) mass is 338 g/mol. The fourth-order valence-corrected chi connectivity index (χ4v) is 3.88. The Labute approximate surface area is 145 Å². The number of fused-ring (bicyclic) bond motifs is 1. The maximum absolute atomic E-state index is 11.5. The van der Waals surface area contributed by atoms with Gasteiger partial charge in [0.05, 0.1) is 18.4 Å². The van der Waals surface area contributed by atoms with Crippen molar-refractivity contribution < 1.29 is 9.53 Å². The van der Waals surface area contributed by atoms with Crippen molar-refractivity contribution in [2.75, 3.05) is 12.9 Å². The molecular formula is C19H18N2O2S. The van der Waals surface area contributed by atoms with Crippen molar-refractivity contribution in [1.29, 1.82) is 5.26 Å². The van der Waals surface area contributed by atoms with Gasteiger partial charge in [-0.15, -0.1) is 0 Å². The third-order valence-electron chi connectivity index (χ3n) is 4.17. The summed E-state index contributed by atoms with van der Waals surface area (Å²) in [7, 11) is 1.36. The molecule has 0 saturated carbocycles. The van der Waals surface area contributed by atoms with E-state index in [1.165, 1.54) is 24.4 Å². The normalized spacial score (nSPS) is 13.0. The van der Waals surface area contributed by atoms with E-state index in [0.29, 0.717) is 10.6 Å². The minimum absolute atomic E-state index is 0.158. The highest BCUT2D eigenvalue weighted by Gasteiger charge is 2.23. The number of hydrogen-bond acceptors (Lipinski definition) is 5. The zero-order valence-electron chi connectivity index (χ0n) is 13.5. The number of benzene rings is 1. The Kier molecular flexibility index (Phi) is 5.17. The molecule has 0 amide bonds. The van der Waals surface area contributed by atoms with E-state index in [0.717, 1.165) is 42.5 Å². The molecule has 122 valence electrons.